The van der Waals surface area contributed by atoms with Crippen molar-refractivity contribution in [1.29, 1.82) is 0 Å². The van der Waals surface area contributed by atoms with Crippen LogP contribution in [0.15, 0.2) is 0 Å². The minimum Gasteiger partial charge on any atom is -0.374 e. The Balaban J connectivity index is 1.87. The van der Waals surface area contributed by atoms with Crippen molar-refractivity contribution in [2.45, 2.75) is 64.1 Å². The Bertz CT molecular complexity index is 226. The summed E-state index contributed by atoms with van der Waals surface area (Å²) >= 11 is 0. The molecule has 2 aliphatic rings. The maximum atomic E-state index is 5.96. The van der Waals surface area contributed by atoms with Crippen LogP contribution in [0.5, 0.6) is 0 Å². The lowest BCUT2D eigenvalue weighted by atomic mass is 9.83. The van der Waals surface area contributed by atoms with Gasteiger partial charge in [-0.05, 0) is 32.6 Å². The van der Waals surface area contributed by atoms with E-state index in [0.717, 1.165) is 25.6 Å². The molecule has 3 nitrogen and oxygen atoms in total. The molecule has 0 aromatic heterocycles. The monoisotopic (exact) mass is 240 g/mol. The maximum absolute atomic E-state index is 5.96. The van der Waals surface area contributed by atoms with Crippen molar-refractivity contribution in [3.05, 3.63) is 0 Å². The fraction of sp³-hybridized carbons (Fsp3) is 1.00. The number of hydrogen-bond donors (Lipinski definition) is 1. The molecule has 1 saturated heterocycles. The van der Waals surface area contributed by atoms with Crippen LogP contribution < -0.4 is 5.73 Å². The van der Waals surface area contributed by atoms with Crippen molar-refractivity contribution in [2.75, 3.05) is 19.7 Å². The Morgan fingerprint density at radius 2 is 1.88 bits per heavy atom. The molecule has 0 aromatic carbocycles. The standard InChI is InChI=1S/C14H28N2O/c1-11(15)14-10-16(8-9-17-14)12(2)13-6-4-3-5-7-13/h11-14H,3-10,15H2,1-2H3. The average molecular weight is 240 g/mol. The summed E-state index contributed by atoms with van der Waals surface area (Å²) in [6.07, 6.45) is 7.36. The van der Waals surface area contributed by atoms with E-state index < -0.39 is 0 Å². The van der Waals surface area contributed by atoms with Gasteiger partial charge in [-0.3, -0.25) is 4.90 Å². The molecule has 1 saturated carbocycles. The first-order chi connectivity index (χ1) is 8.18. The van der Waals surface area contributed by atoms with Gasteiger partial charge in [0, 0.05) is 25.2 Å². The van der Waals surface area contributed by atoms with Crippen molar-refractivity contribution in [3.8, 4) is 0 Å². The number of nitrogens with two attached hydrogens (primary N) is 1. The Morgan fingerprint density at radius 3 is 2.53 bits per heavy atom. The van der Waals surface area contributed by atoms with Crippen LogP contribution >= 0.6 is 0 Å². The molecule has 0 amide bonds. The molecule has 100 valence electrons. The van der Waals surface area contributed by atoms with Crippen LogP contribution in [0.4, 0.5) is 0 Å². The second-order valence-corrected chi connectivity index (χ2v) is 5.90. The number of rotatable bonds is 3. The second-order valence-electron chi connectivity index (χ2n) is 5.90. The third-order valence-corrected chi connectivity index (χ3v) is 4.62. The highest BCUT2D eigenvalue weighted by Crippen LogP contribution is 2.29. The molecule has 1 aliphatic carbocycles. The van der Waals surface area contributed by atoms with Gasteiger partial charge in [0.15, 0.2) is 0 Å². The van der Waals surface area contributed by atoms with Crippen molar-refractivity contribution < 1.29 is 4.74 Å². The van der Waals surface area contributed by atoms with Crippen LogP contribution in [0.3, 0.4) is 0 Å². The Kier molecular flexibility index (Phi) is 4.83. The molecule has 3 unspecified atom stereocenters. The van der Waals surface area contributed by atoms with Crippen molar-refractivity contribution in [2.24, 2.45) is 11.7 Å². The number of nitrogens with zero attached hydrogens (tertiary/aromatic N) is 1. The topological polar surface area (TPSA) is 38.5 Å². The molecule has 3 atom stereocenters. The van der Waals surface area contributed by atoms with Crippen LogP contribution in [-0.4, -0.2) is 42.8 Å². The molecular formula is C14H28N2O. The Morgan fingerprint density at radius 1 is 1.18 bits per heavy atom. The Hall–Kier alpha value is -0.120. The summed E-state index contributed by atoms with van der Waals surface area (Å²) in [5.74, 6) is 0.899. The lowest BCUT2D eigenvalue weighted by Crippen LogP contribution is -2.53. The van der Waals surface area contributed by atoms with Gasteiger partial charge in [-0.1, -0.05) is 19.3 Å². The molecule has 0 spiro atoms. The largest absolute Gasteiger partial charge is 0.374 e. The van der Waals surface area contributed by atoms with Gasteiger partial charge in [-0.25, -0.2) is 0 Å². The molecule has 0 radical (unpaired) electrons. The Labute approximate surface area is 106 Å². The normalized spacial score (nSPS) is 32.3. The first-order valence-corrected chi connectivity index (χ1v) is 7.29. The van der Waals surface area contributed by atoms with Gasteiger partial charge in [-0.2, -0.15) is 0 Å². The first-order valence-electron chi connectivity index (χ1n) is 7.29. The van der Waals surface area contributed by atoms with E-state index in [1.165, 1.54) is 32.1 Å². The number of hydrogen-bond acceptors (Lipinski definition) is 3. The molecule has 0 bridgehead atoms. The summed E-state index contributed by atoms with van der Waals surface area (Å²) in [5, 5.41) is 0. The fourth-order valence-electron chi connectivity index (χ4n) is 3.30. The minimum absolute atomic E-state index is 0.149. The van der Waals surface area contributed by atoms with Gasteiger partial charge >= 0.3 is 0 Å². The van der Waals surface area contributed by atoms with Gasteiger partial charge in [0.05, 0.1) is 12.7 Å². The summed E-state index contributed by atoms with van der Waals surface area (Å²) < 4.78 is 5.74. The zero-order chi connectivity index (χ0) is 12.3. The summed E-state index contributed by atoms with van der Waals surface area (Å²) in [7, 11) is 0. The van der Waals surface area contributed by atoms with Crippen molar-refractivity contribution in [3.63, 3.8) is 0 Å². The van der Waals surface area contributed by atoms with Gasteiger partial charge in [0.25, 0.3) is 0 Å². The molecular weight excluding hydrogens is 212 g/mol. The van der Waals surface area contributed by atoms with E-state index in [-0.39, 0.29) is 12.1 Å². The molecule has 2 fully saturated rings. The molecule has 1 heterocycles. The number of morpholine rings is 1. The van der Waals surface area contributed by atoms with E-state index in [1.807, 2.05) is 0 Å². The third-order valence-electron chi connectivity index (χ3n) is 4.62. The lowest BCUT2D eigenvalue weighted by Gasteiger charge is -2.42. The predicted molar refractivity (Wildman–Crippen MR) is 71.0 cm³/mol. The molecule has 1 aliphatic heterocycles. The van der Waals surface area contributed by atoms with Crippen LogP contribution in [0.2, 0.25) is 0 Å². The van der Waals surface area contributed by atoms with E-state index in [4.69, 9.17) is 10.5 Å². The molecule has 2 rings (SSSR count). The van der Waals surface area contributed by atoms with Gasteiger partial charge in [0.2, 0.25) is 0 Å². The van der Waals surface area contributed by atoms with Gasteiger partial charge < -0.3 is 10.5 Å². The number of ether oxygens (including phenoxy) is 1. The first kappa shape index (κ1) is 13.3. The van der Waals surface area contributed by atoms with E-state index in [0.29, 0.717) is 6.04 Å². The fourth-order valence-corrected chi connectivity index (χ4v) is 3.30. The van der Waals surface area contributed by atoms with Gasteiger partial charge in [-0.15, -0.1) is 0 Å². The second kappa shape index (κ2) is 6.17. The van der Waals surface area contributed by atoms with Crippen LogP contribution in [0.1, 0.15) is 46.0 Å². The van der Waals surface area contributed by atoms with Crippen molar-refractivity contribution in [1.82, 2.24) is 4.90 Å². The van der Waals surface area contributed by atoms with E-state index in [1.54, 1.807) is 0 Å². The quantitative estimate of drug-likeness (QED) is 0.820. The maximum Gasteiger partial charge on any atom is 0.0850 e. The average Bonchev–Trinajstić information content (AvgIpc) is 2.39. The highest BCUT2D eigenvalue weighted by Gasteiger charge is 2.30. The molecule has 17 heavy (non-hydrogen) atoms. The molecule has 3 heteroatoms. The SMILES string of the molecule is CC(N)C1CN(C(C)C2CCCCC2)CCO1. The summed E-state index contributed by atoms with van der Waals surface area (Å²) in [6, 6.07) is 0.858. The highest BCUT2D eigenvalue weighted by atomic mass is 16.5. The third kappa shape index (κ3) is 3.43. The zero-order valence-electron chi connectivity index (χ0n) is 11.4. The zero-order valence-corrected chi connectivity index (χ0v) is 11.4. The molecule has 0 aromatic rings. The van der Waals surface area contributed by atoms with Crippen molar-refractivity contribution >= 4 is 0 Å². The van der Waals surface area contributed by atoms with E-state index >= 15 is 0 Å². The van der Waals surface area contributed by atoms with E-state index in [9.17, 15) is 0 Å². The predicted octanol–water partition coefficient (Wildman–Crippen LogP) is 2.00. The summed E-state index contributed by atoms with van der Waals surface area (Å²) in [6.45, 7) is 7.42. The summed E-state index contributed by atoms with van der Waals surface area (Å²) in [4.78, 5) is 2.60. The molecule has 2 N–H and O–H groups in total. The lowest BCUT2D eigenvalue weighted by molar-refractivity contribution is -0.0589. The highest BCUT2D eigenvalue weighted by molar-refractivity contribution is 4.84. The van der Waals surface area contributed by atoms with Gasteiger partial charge in [0.1, 0.15) is 0 Å². The van der Waals surface area contributed by atoms with Crippen LogP contribution in [0.25, 0.3) is 0 Å². The van der Waals surface area contributed by atoms with E-state index in [2.05, 4.69) is 18.7 Å². The smallest absolute Gasteiger partial charge is 0.0850 e. The van der Waals surface area contributed by atoms with Crippen LogP contribution in [0, 0.1) is 5.92 Å². The summed E-state index contributed by atoms with van der Waals surface area (Å²) in [5.41, 5.74) is 5.96. The minimum atomic E-state index is 0.149. The van der Waals surface area contributed by atoms with Crippen LogP contribution in [-0.2, 0) is 4.74 Å².